The molecular formula is C8H10BrN3O. The lowest BCUT2D eigenvalue weighted by Gasteiger charge is -2.08. The zero-order valence-corrected chi connectivity index (χ0v) is 8.49. The minimum atomic E-state index is -0.422. The smallest absolute Gasteiger partial charge is 0.219 e. The fourth-order valence-corrected chi connectivity index (χ4v) is 1.31. The van der Waals surface area contributed by atoms with Gasteiger partial charge < -0.3 is 11.5 Å². The highest BCUT2D eigenvalue weighted by Crippen LogP contribution is 2.13. The molecule has 0 spiro atoms. The summed E-state index contributed by atoms with van der Waals surface area (Å²) < 4.78 is 0.699. The SMILES string of the molecule is NC(=O)CC(N)c1cccc(Br)n1. The number of aromatic nitrogens is 1. The Morgan fingerprint density at radius 1 is 1.62 bits per heavy atom. The van der Waals surface area contributed by atoms with Crippen LogP contribution in [0.25, 0.3) is 0 Å². The molecule has 13 heavy (non-hydrogen) atoms. The molecule has 5 heteroatoms. The number of nitrogens with zero attached hydrogens (tertiary/aromatic N) is 1. The lowest BCUT2D eigenvalue weighted by molar-refractivity contribution is -0.118. The third-order valence-electron chi connectivity index (χ3n) is 1.54. The minimum absolute atomic E-state index is 0.115. The summed E-state index contributed by atoms with van der Waals surface area (Å²) in [6.45, 7) is 0. The Labute approximate surface area is 84.5 Å². The number of amides is 1. The molecule has 1 heterocycles. The van der Waals surface area contributed by atoms with Crippen molar-refractivity contribution in [3.8, 4) is 0 Å². The Morgan fingerprint density at radius 3 is 2.85 bits per heavy atom. The predicted octanol–water partition coefficient (Wildman–Crippen LogP) is 0.719. The second-order valence-electron chi connectivity index (χ2n) is 2.66. The van der Waals surface area contributed by atoms with Gasteiger partial charge in [0, 0.05) is 6.42 Å². The second-order valence-corrected chi connectivity index (χ2v) is 3.47. The Hall–Kier alpha value is -0.940. The number of pyridine rings is 1. The van der Waals surface area contributed by atoms with E-state index in [1.54, 1.807) is 12.1 Å². The van der Waals surface area contributed by atoms with Crippen LogP contribution in [-0.4, -0.2) is 10.9 Å². The molecule has 1 aromatic rings. The number of hydrogen-bond donors (Lipinski definition) is 2. The van der Waals surface area contributed by atoms with E-state index in [9.17, 15) is 4.79 Å². The van der Waals surface area contributed by atoms with Gasteiger partial charge >= 0.3 is 0 Å². The predicted molar refractivity (Wildman–Crippen MR) is 52.7 cm³/mol. The summed E-state index contributed by atoms with van der Waals surface area (Å²) in [5, 5.41) is 0. The monoisotopic (exact) mass is 243 g/mol. The van der Waals surface area contributed by atoms with Crippen LogP contribution >= 0.6 is 15.9 Å². The van der Waals surface area contributed by atoms with E-state index < -0.39 is 11.9 Å². The van der Waals surface area contributed by atoms with Crippen molar-refractivity contribution >= 4 is 21.8 Å². The van der Waals surface area contributed by atoms with Crippen molar-refractivity contribution in [2.45, 2.75) is 12.5 Å². The quantitative estimate of drug-likeness (QED) is 0.768. The van der Waals surface area contributed by atoms with Crippen LogP contribution in [0.2, 0.25) is 0 Å². The zero-order chi connectivity index (χ0) is 9.84. The van der Waals surface area contributed by atoms with Gasteiger partial charge in [0.2, 0.25) is 5.91 Å². The van der Waals surface area contributed by atoms with Crippen LogP contribution in [0.3, 0.4) is 0 Å². The van der Waals surface area contributed by atoms with E-state index in [1.165, 1.54) is 0 Å². The van der Waals surface area contributed by atoms with Gasteiger partial charge in [0.25, 0.3) is 0 Å². The van der Waals surface area contributed by atoms with Crippen LogP contribution < -0.4 is 11.5 Å². The van der Waals surface area contributed by atoms with Crippen LogP contribution in [0.15, 0.2) is 22.8 Å². The highest BCUT2D eigenvalue weighted by atomic mass is 79.9. The average Bonchev–Trinajstić information content (AvgIpc) is 2.03. The first kappa shape index (κ1) is 10.1. The van der Waals surface area contributed by atoms with Crippen molar-refractivity contribution in [3.63, 3.8) is 0 Å². The van der Waals surface area contributed by atoms with Gasteiger partial charge in [-0.15, -0.1) is 0 Å². The summed E-state index contributed by atoms with van der Waals surface area (Å²) in [6.07, 6.45) is 0.115. The Balaban J connectivity index is 2.76. The molecule has 1 aromatic heterocycles. The lowest BCUT2D eigenvalue weighted by Crippen LogP contribution is -2.21. The first-order valence-electron chi connectivity index (χ1n) is 3.76. The standard InChI is InChI=1S/C8H10BrN3O/c9-7-3-1-2-6(12-7)5(10)4-8(11)13/h1-3,5H,4,10H2,(H2,11,13). The van der Waals surface area contributed by atoms with Crippen molar-refractivity contribution in [3.05, 3.63) is 28.5 Å². The average molecular weight is 244 g/mol. The molecule has 0 fully saturated rings. The van der Waals surface area contributed by atoms with Crippen LogP contribution in [-0.2, 0) is 4.79 Å². The van der Waals surface area contributed by atoms with Gasteiger partial charge in [0.05, 0.1) is 11.7 Å². The number of halogens is 1. The van der Waals surface area contributed by atoms with E-state index in [1.807, 2.05) is 6.07 Å². The lowest BCUT2D eigenvalue weighted by atomic mass is 10.1. The molecule has 1 amide bonds. The Kier molecular flexibility index (Phi) is 3.39. The van der Waals surface area contributed by atoms with E-state index in [0.29, 0.717) is 10.3 Å². The molecule has 0 radical (unpaired) electrons. The van der Waals surface area contributed by atoms with Gasteiger partial charge in [-0.2, -0.15) is 0 Å². The summed E-state index contributed by atoms with van der Waals surface area (Å²) in [5.41, 5.74) is 11.4. The molecule has 0 aromatic carbocycles. The van der Waals surface area contributed by atoms with E-state index >= 15 is 0 Å². The molecule has 0 saturated heterocycles. The van der Waals surface area contributed by atoms with E-state index in [2.05, 4.69) is 20.9 Å². The molecule has 0 aliphatic carbocycles. The minimum Gasteiger partial charge on any atom is -0.370 e. The van der Waals surface area contributed by atoms with Gasteiger partial charge in [-0.25, -0.2) is 4.98 Å². The number of primary amides is 1. The third-order valence-corrected chi connectivity index (χ3v) is 1.98. The van der Waals surface area contributed by atoms with E-state index in [-0.39, 0.29) is 6.42 Å². The van der Waals surface area contributed by atoms with Crippen molar-refractivity contribution in [1.82, 2.24) is 4.98 Å². The maximum absolute atomic E-state index is 10.6. The fourth-order valence-electron chi connectivity index (χ4n) is 0.952. The van der Waals surface area contributed by atoms with Crippen LogP contribution in [0.1, 0.15) is 18.2 Å². The van der Waals surface area contributed by atoms with Gasteiger partial charge in [0.1, 0.15) is 4.60 Å². The topological polar surface area (TPSA) is 82.0 Å². The normalized spacial score (nSPS) is 12.5. The maximum atomic E-state index is 10.6. The van der Waals surface area contributed by atoms with Gasteiger partial charge in [-0.3, -0.25) is 4.79 Å². The molecule has 1 atom stereocenters. The first-order chi connectivity index (χ1) is 6.09. The zero-order valence-electron chi connectivity index (χ0n) is 6.90. The molecule has 0 aliphatic rings. The number of hydrogen-bond acceptors (Lipinski definition) is 3. The van der Waals surface area contributed by atoms with Crippen molar-refractivity contribution in [2.24, 2.45) is 11.5 Å². The molecule has 4 N–H and O–H groups in total. The maximum Gasteiger partial charge on any atom is 0.219 e. The Bertz CT molecular complexity index is 316. The Morgan fingerprint density at radius 2 is 2.31 bits per heavy atom. The highest BCUT2D eigenvalue weighted by molar-refractivity contribution is 9.10. The molecular weight excluding hydrogens is 234 g/mol. The first-order valence-corrected chi connectivity index (χ1v) is 4.55. The summed E-state index contributed by atoms with van der Waals surface area (Å²) in [5.74, 6) is -0.422. The second kappa shape index (κ2) is 4.34. The van der Waals surface area contributed by atoms with Gasteiger partial charge in [0.15, 0.2) is 0 Å². The van der Waals surface area contributed by atoms with Crippen molar-refractivity contribution < 1.29 is 4.79 Å². The number of carbonyl (C=O) groups is 1. The van der Waals surface area contributed by atoms with Crippen LogP contribution in [0.4, 0.5) is 0 Å². The van der Waals surface area contributed by atoms with Crippen molar-refractivity contribution in [2.75, 3.05) is 0 Å². The largest absolute Gasteiger partial charge is 0.370 e. The fraction of sp³-hybridized carbons (Fsp3) is 0.250. The number of carbonyl (C=O) groups excluding carboxylic acids is 1. The van der Waals surface area contributed by atoms with Gasteiger partial charge in [-0.05, 0) is 28.1 Å². The summed E-state index contributed by atoms with van der Waals surface area (Å²) in [7, 11) is 0. The molecule has 0 saturated carbocycles. The van der Waals surface area contributed by atoms with E-state index in [4.69, 9.17) is 11.5 Å². The summed E-state index contributed by atoms with van der Waals surface area (Å²) in [4.78, 5) is 14.7. The number of nitrogens with two attached hydrogens (primary N) is 2. The molecule has 1 unspecified atom stereocenters. The number of rotatable bonds is 3. The third kappa shape index (κ3) is 3.12. The summed E-state index contributed by atoms with van der Waals surface area (Å²) in [6, 6.07) is 4.95. The van der Waals surface area contributed by atoms with Crippen LogP contribution in [0.5, 0.6) is 0 Å². The highest BCUT2D eigenvalue weighted by Gasteiger charge is 2.10. The molecule has 70 valence electrons. The van der Waals surface area contributed by atoms with E-state index in [0.717, 1.165) is 0 Å². The molecule has 0 aliphatic heterocycles. The molecule has 1 rings (SSSR count). The van der Waals surface area contributed by atoms with Gasteiger partial charge in [-0.1, -0.05) is 6.07 Å². The van der Waals surface area contributed by atoms with Crippen molar-refractivity contribution in [1.29, 1.82) is 0 Å². The molecule has 0 bridgehead atoms. The summed E-state index contributed by atoms with van der Waals surface area (Å²) >= 11 is 3.21. The molecule has 4 nitrogen and oxygen atoms in total. The van der Waals surface area contributed by atoms with Crippen LogP contribution in [0, 0.1) is 0 Å².